The van der Waals surface area contributed by atoms with Gasteiger partial charge in [-0.2, -0.15) is 5.10 Å². The molecule has 1 amide bonds. The van der Waals surface area contributed by atoms with E-state index >= 15 is 0 Å². The topological polar surface area (TPSA) is 84.7 Å². The maximum atomic E-state index is 13.2. The normalized spacial score (nSPS) is 12.7. The van der Waals surface area contributed by atoms with E-state index in [-0.39, 0.29) is 17.3 Å². The van der Waals surface area contributed by atoms with Crippen LogP contribution in [-0.4, -0.2) is 40.4 Å². The van der Waals surface area contributed by atoms with Crippen LogP contribution in [0.5, 0.6) is 5.75 Å². The van der Waals surface area contributed by atoms with Gasteiger partial charge in [0, 0.05) is 18.3 Å². The van der Waals surface area contributed by atoms with Gasteiger partial charge in [-0.05, 0) is 42.3 Å². The maximum absolute atomic E-state index is 13.2. The largest absolute Gasteiger partial charge is 0.497 e. The molecule has 0 radical (unpaired) electrons. The van der Waals surface area contributed by atoms with Gasteiger partial charge in [0.25, 0.3) is 5.91 Å². The van der Waals surface area contributed by atoms with E-state index < -0.39 is 5.97 Å². The quantitative estimate of drug-likeness (QED) is 0.770. The lowest BCUT2D eigenvalue weighted by Crippen LogP contribution is -2.30. The van der Waals surface area contributed by atoms with Crippen LogP contribution in [0.4, 0.5) is 5.69 Å². The van der Waals surface area contributed by atoms with Crippen LogP contribution in [0.1, 0.15) is 26.5 Å². The zero-order chi connectivity index (χ0) is 19.0. The fourth-order valence-corrected chi connectivity index (χ4v) is 3.26. The SMILES string of the molecule is COc1ccc2c(c1)CCN2C(=O)c1cc(C(=O)O)nn1-c1ccccc1. The Morgan fingerprint density at radius 3 is 2.59 bits per heavy atom. The average Bonchev–Trinajstić information content (AvgIpc) is 3.32. The molecular formula is C20H17N3O4. The number of benzene rings is 2. The number of hydrogen-bond donors (Lipinski definition) is 1. The molecular weight excluding hydrogens is 346 g/mol. The van der Waals surface area contributed by atoms with Gasteiger partial charge in [-0.3, -0.25) is 4.79 Å². The van der Waals surface area contributed by atoms with Gasteiger partial charge in [0.1, 0.15) is 11.4 Å². The van der Waals surface area contributed by atoms with Crippen LogP contribution >= 0.6 is 0 Å². The Bertz CT molecular complexity index is 1030. The van der Waals surface area contributed by atoms with Gasteiger partial charge < -0.3 is 14.7 Å². The summed E-state index contributed by atoms with van der Waals surface area (Å²) in [5, 5.41) is 13.4. The molecule has 0 fully saturated rings. The first kappa shape index (κ1) is 16.8. The molecule has 1 N–H and O–H groups in total. The second kappa shape index (κ2) is 6.60. The number of anilines is 1. The lowest BCUT2D eigenvalue weighted by Gasteiger charge is -2.18. The van der Waals surface area contributed by atoms with Crippen LogP contribution in [0.25, 0.3) is 5.69 Å². The number of aromatic carboxylic acids is 1. The van der Waals surface area contributed by atoms with Gasteiger partial charge in [0.2, 0.25) is 0 Å². The molecule has 136 valence electrons. The van der Waals surface area contributed by atoms with Crippen molar-refractivity contribution in [1.82, 2.24) is 9.78 Å². The lowest BCUT2D eigenvalue weighted by atomic mass is 10.1. The summed E-state index contributed by atoms with van der Waals surface area (Å²) < 4.78 is 6.63. The standard InChI is InChI=1S/C20H17N3O4/c1-27-15-7-8-17-13(11-15)9-10-22(17)19(24)18-12-16(20(25)26)21-23(18)14-5-3-2-4-6-14/h2-8,11-12H,9-10H2,1H3,(H,25,26). The number of carboxylic acids is 1. The number of carboxylic acid groups (broad SMARTS) is 1. The molecule has 1 aliphatic heterocycles. The highest BCUT2D eigenvalue weighted by Gasteiger charge is 2.29. The zero-order valence-electron chi connectivity index (χ0n) is 14.6. The minimum Gasteiger partial charge on any atom is -0.497 e. The Balaban J connectivity index is 1.76. The third kappa shape index (κ3) is 2.93. The van der Waals surface area contributed by atoms with Crippen molar-refractivity contribution in [2.45, 2.75) is 6.42 Å². The van der Waals surface area contributed by atoms with Crippen LogP contribution < -0.4 is 9.64 Å². The Kier molecular flexibility index (Phi) is 4.12. The summed E-state index contributed by atoms with van der Waals surface area (Å²) in [5.41, 5.74) is 2.49. The van der Waals surface area contributed by atoms with E-state index in [2.05, 4.69) is 5.10 Å². The van der Waals surface area contributed by atoms with Crippen molar-refractivity contribution < 1.29 is 19.4 Å². The van der Waals surface area contributed by atoms with E-state index in [4.69, 9.17) is 4.74 Å². The number of aromatic nitrogens is 2. The van der Waals surface area contributed by atoms with Gasteiger partial charge in [-0.15, -0.1) is 0 Å². The fraction of sp³-hybridized carbons (Fsp3) is 0.150. The highest BCUT2D eigenvalue weighted by atomic mass is 16.5. The molecule has 27 heavy (non-hydrogen) atoms. The predicted octanol–water partition coefficient (Wildman–Crippen LogP) is 2.78. The molecule has 1 aromatic heterocycles. The molecule has 0 unspecified atom stereocenters. The number of para-hydroxylation sites is 1. The zero-order valence-corrected chi connectivity index (χ0v) is 14.6. The van der Waals surface area contributed by atoms with Crippen molar-refractivity contribution in [2.24, 2.45) is 0 Å². The van der Waals surface area contributed by atoms with Crippen LogP contribution in [0.3, 0.4) is 0 Å². The van der Waals surface area contributed by atoms with Crippen molar-refractivity contribution >= 4 is 17.6 Å². The van der Waals surface area contributed by atoms with E-state index in [1.165, 1.54) is 10.7 Å². The molecule has 3 aromatic rings. The predicted molar refractivity (Wildman–Crippen MR) is 98.9 cm³/mol. The van der Waals surface area contributed by atoms with Crippen molar-refractivity contribution in [2.75, 3.05) is 18.6 Å². The van der Waals surface area contributed by atoms with Crippen LogP contribution in [0.15, 0.2) is 54.6 Å². The summed E-state index contributed by atoms with van der Waals surface area (Å²) in [7, 11) is 1.60. The minimum absolute atomic E-state index is 0.170. The van der Waals surface area contributed by atoms with E-state index in [1.54, 1.807) is 24.1 Å². The van der Waals surface area contributed by atoms with E-state index in [1.807, 2.05) is 36.4 Å². The van der Waals surface area contributed by atoms with Crippen LogP contribution in [0.2, 0.25) is 0 Å². The number of ether oxygens (including phenoxy) is 1. The molecule has 1 aliphatic rings. The van der Waals surface area contributed by atoms with Crippen LogP contribution in [-0.2, 0) is 6.42 Å². The number of methoxy groups -OCH3 is 1. The molecule has 2 heterocycles. The lowest BCUT2D eigenvalue weighted by molar-refractivity contribution is 0.0690. The van der Waals surface area contributed by atoms with Crippen molar-refractivity contribution in [1.29, 1.82) is 0 Å². The second-order valence-electron chi connectivity index (χ2n) is 6.17. The van der Waals surface area contributed by atoms with Crippen molar-refractivity contribution in [3.63, 3.8) is 0 Å². The number of carbonyl (C=O) groups excluding carboxylic acids is 1. The van der Waals surface area contributed by atoms with Gasteiger partial charge in [0.15, 0.2) is 5.69 Å². The number of rotatable bonds is 4. The van der Waals surface area contributed by atoms with E-state index in [0.29, 0.717) is 18.7 Å². The molecule has 4 rings (SSSR count). The first-order chi connectivity index (χ1) is 13.1. The second-order valence-corrected chi connectivity index (χ2v) is 6.17. The first-order valence-corrected chi connectivity index (χ1v) is 8.46. The molecule has 0 bridgehead atoms. The molecule has 7 heteroatoms. The molecule has 7 nitrogen and oxygen atoms in total. The summed E-state index contributed by atoms with van der Waals surface area (Å²) in [6.45, 7) is 0.518. The van der Waals surface area contributed by atoms with Crippen molar-refractivity contribution in [3.8, 4) is 11.4 Å². The Labute approximate surface area is 155 Å². The average molecular weight is 363 g/mol. The summed E-state index contributed by atoms with van der Waals surface area (Å²) >= 11 is 0. The third-order valence-corrected chi connectivity index (χ3v) is 4.58. The van der Waals surface area contributed by atoms with Gasteiger partial charge >= 0.3 is 5.97 Å². The highest BCUT2D eigenvalue weighted by molar-refractivity contribution is 6.07. The summed E-state index contributed by atoms with van der Waals surface area (Å²) in [6.07, 6.45) is 0.712. The number of amides is 1. The van der Waals surface area contributed by atoms with E-state index in [0.717, 1.165) is 17.0 Å². The minimum atomic E-state index is -1.18. The monoisotopic (exact) mass is 363 g/mol. The molecule has 0 atom stereocenters. The smallest absolute Gasteiger partial charge is 0.356 e. The number of hydrogen-bond acceptors (Lipinski definition) is 4. The fourth-order valence-electron chi connectivity index (χ4n) is 3.26. The number of fused-ring (bicyclic) bond motifs is 1. The third-order valence-electron chi connectivity index (χ3n) is 4.58. The Morgan fingerprint density at radius 2 is 1.89 bits per heavy atom. The van der Waals surface area contributed by atoms with Gasteiger partial charge in [-0.25, -0.2) is 9.48 Å². The summed E-state index contributed by atoms with van der Waals surface area (Å²) in [6, 6.07) is 15.9. The maximum Gasteiger partial charge on any atom is 0.356 e. The number of nitrogens with zero attached hydrogens (tertiary/aromatic N) is 3. The summed E-state index contributed by atoms with van der Waals surface area (Å²) in [5.74, 6) is -0.724. The molecule has 0 saturated heterocycles. The Hall–Kier alpha value is -3.61. The van der Waals surface area contributed by atoms with Crippen molar-refractivity contribution in [3.05, 3.63) is 71.5 Å². The van der Waals surface area contributed by atoms with Gasteiger partial charge in [-0.1, -0.05) is 18.2 Å². The van der Waals surface area contributed by atoms with Gasteiger partial charge in [0.05, 0.1) is 12.8 Å². The highest BCUT2D eigenvalue weighted by Crippen LogP contribution is 2.32. The Morgan fingerprint density at radius 1 is 1.11 bits per heavy atom. The molecule has 2 aromatic carbocycles. The molecule has 0 spiro atoms. The van der Waals surface area contributed by atoms with E-state index in [9.17, 15) is 14.7 Å². The molecule has 0 aliphatic carbocycles. The summed E-state index contributed by atoms with van der Waals surface area (Å²) in [4.78, 5) is 26.3. The first-order valence-electron chi connectivity index (χ1n) is 8.46. The molecule has 0 saturated carbocycles. The van der Waals surface area contributed by atoms with Crippen LogP contribution in [0, 0.1) is 0 Å². The number of carbonyl (C=O) groups is 2.